The van der Waals surface area contributed by atoms with Gasteiger partial charge < -0.3 is 30.3 Å². The van der Waals surface area contributed by atoms with Crippen molar-refractivity contribution in [2.45, 2.75) is 63.3 Å². The first-order valence-electron chi connectivity index (χ1n) is 15.8. The second-order valence-electron chi connectivity index (χ2n) is 13.0. The number of alkyl halides is 3. The van der Waals surface area contributed by atoms with Gasteiger partial charge in [-0.1, -0.05) is 12.1 Å². The number of likely N-dealkylation sites (tertiary alicyclic amines) is 1. The Morgan fingerprint density at radius 1 is 1.17 bits per heavy atom. The molecule has 0 bridgehead atoms. The molecule has 3 saturated heterocycles. The minimum absolute atomic E-state index is 0.0472. The zero-order valence-corrected chi connectivity index (χ0v) is 27.2. The summed E-state index contributed by atoms with van der Waals surface area (Å²) in [7, 11) is 0. The lowest BCUT2D eigenvalue weighted by molar-refractivity contribution is -0.198. The number of carboxylic acid groups (broad SMARTS) is 1. The summed E-state index contributed by atoms with van der Waals surface area (Å²) in [5.74, 6) is -0.985. The van der Waals surface area contributed by atoms with Crippen LogP contribution in [0.25, 0.3) is 5.69 Å². The predicted molar refractivity (Wildman–Crippen MR) is 171 cm³/mol. The highest BCUT2D eigenvalue weighted by atomic mass is 32.2. The molecule has 13 nitrogen and oxygen atoms in total. The van der Waals surface area contributed by atoms with Crippen molar-refractivity contribution in [2.24, 2.45) is 5.41 Å². The number of aromatic nitrogens is 4. The van der Waals surface area contributed by atoms with Crippen LogP contribution < -0.4 is 20.7 Å². The molecular formula is C31H39F3N8O5S. The van der Waals surface area contributed by atoms with Gasteiger partial charge in [0.05, 0.1) is 11.4 Å². The standard InChI is InChI=1S/C31H39F3N8O5S/c1-19-4-11-42(39-19)24-14-21(20-5-9-40(10-6-20)18-48(45)46)2-3-22(24)27(31(32,33)34)47-26-15-25(37-29(35)38-26)41-12-7-30(8-13-41)16-23(28(43)44)36-17-30/h2-4,11,14-15,20,23,27,36H,5-10,12-13,16-18H2,1H3,(H,43,44)(H,45,46)(H2,35,37,38)/t23?,27-/m1/s1. The third kappa shape index (κ3) is 7.58. The Hall–Kier alpha value is -3.80. The van der Waals surface area contributed by atoms with E-state index < -0.39 is 35.4 Å². The van der Waals surface area contributed by atoms with Crippen LogP contribution in [0.3, 0.4) is 0 Å². The van der Waals surface area contributed by atoms with Crippen LogP contribution in [0.4, 0.5) is 24.9 Å². The van der Waals surface area contributed by atoms with Crippen molar-refractivity contribution in [3.8, 4) is 11.6 Å². The number of ether oxygens (including phenoxy) is 1. The van der Waals surface area contributed by atoms with E-state index in [0.717, 1.165) is 5.56 Å². The largest absolute Gasteiger partial charge is 0.480 e. The van der Waals surface area contributed by atoms with E-state index in [4.69, 9.17) is 10.5 Å². The number of aliphatic carboxylic acids is 1. The maximum Gasteiger partial charge on any atom is 0.429 e. The van der Waals surface area contributed by atoms with Gasteiger partial charge in [-0.2, -0.15) is 28.2 Å². The van der Waals surface area contributed by atoms with E-state index in [2.05, 4.69) is 20.4 Å². The fraction of sp³-hybridized carbons (Fsp3) is 0.548. The highest BCUT2D eigenvalue weighted by Gasteiger charge is 2.46. The number of piperidine rings is 2. The van der Waals surface area contributed by atoms with E-state index in [9.17, 15) is 31.8 Å². The van der Waals surface area contributed by atoms with Crippen molar-refractivity contribution >= 4 is 28.8 Å². The average Bonchev–Trinajstić information content (AvgIpc) is 3.66. The fourth-order valence-corrected chi connectivity index (χ4v) is 7.67. The number of carboxylic acids is 1. The van der Waals surface area contributed by atoms with Crippen LogP contribution in [-0.2, 0) is 15.9 Å². The van der Waals surface area contributed by atoms with Gasteiger partial charge in [-0.3, -0.25) is 9.69 Å². The van der Waals surface area contributed by atoms with Gasteiger partial charge >= 0.3 is 12.1 Å². The van der Waals surface area contributed by atoms with Crippen LogP contribution in [0.1, 0.15) is 60.9 Å². The minimum Gasteiger partial charge on any atom is -0.480 e. The van der Waals surface area contributed by atoms with Crippen LogP contribution in [0.5, 0.6) is 5.88 Å². The summed E-state index contributed by atoms with van der Waals surface area (Å²) < 4.78 is 72.2. The Morgan fingerprint density at radius 3 is 2.50 bits per heavy atom. The van der Waals surface area contributed by atoms with E-state index in [-0.39, 0.29) is 40.3 Å². The zero-order valence-electron chi connectivity index (χ0n) is 26.4. The second-order valence-corrected chi connectivity index (χ2v) is 13.9. The van der Waals surface area contributed by atoms with Crippen LogP contribution >= 0.6 is 0 Å². The van der Waals surface area contributed by atoms with Gasteiger partial charge in [0.15, 0.2) is 11.1 Å². The maximum absolute atomic E-state index is 14.9. The Balaban J connectivity index is 1.25. The normalized spacial score (nSPS) is 21.8. The van der Waals surface area contributed by atoms with Crippen LogP contribution in [-0.4, -0.2) is 95.3 Å². The molecule has 17 heteroatoms. The predicted octanol–water partition coefficient (Wildman–Crippen LogP) is 3.63. The number of hydrogen-bond donors (Lipinski definition) is 4. The minimum atomic E-state index is -4.84. The van der Waals surface area contributed by atoms with Crippen LogP contribution in [0, 0.1) is 12.3 Å². The molecule has 5 heterocycles. The number of nitrogens with one attached hydrogen (secondary N) is 1. The summed E-state index contributed by atoms with van der Waals surface area (Å²) >= 11 is -1.93. The molecule has 260 valence electrons. The SMILES string of the molecule is Cc1ccn(-c2cc(C3CCN(CS(=O)O)CC3)ccc2[C@@H](Oc2cc(N3CCC4(CC3)CNC(C(=O)O)C4)nc(N)n2)C(F)(F)F)n1. The van der Waals surface area contributed by atoms with Gasteiger partial charge in [-0.25, -0.2) is 8.89 Å². The molecule has 5 N–H and O–H groups in total. The number of aryl methyl sites for hydroxylation is 1. The Bertz CT molecular complexity index is 1660. The molecule has 1 spiro atoms. The topological polar surface area (TPSA) is 172 Å². The fourth-order valence-electron chi connectivity index (χ4n) is 7.10. The molecule has 3 aromatic rings. The second kappa shape index (κ2) is 13.6. The molecule has 0 saturated carbocycles. The van der Waals surface area contributed by atoms with Gasteiger partial charge in [-0.05, 0) is 81.1 Å². The molecule has 0 amide bonds. The van der Waals surface area contributed by atoms with Crippen LogP contribution in [0.2, 0.25) is 0 Å². The number of nitrogens with zero attached hydrogens (tertiary/aromatic N) is 6. The number of halogens is 3. The summed E-state index contributed by atoms with van der Waals surface area (Å²) in [6.45, 7) is 4.57. The van der Waals surface area contributed by atoms with E-state index in [1.165, 1.54) is 16.8 Å². The molecule has 3 aliphatic rings. The van der Waals surface area contributed by atoms with Crippen LogP contribution in [0.15, 0.2) is 36.5 Å². The molecule has 1 aromatic carbocycles. The molecule has 3 aliphatic heterocycles. The summed E-state index contributed by atoms with van der Waals surface area (Å²) in [5, 5.41) is 16.9. The average molecular weight is 693 g/mol. The van der Waals surface area contributed by atoms with E-state index in [1.807, 2.05) is 9.80 Å². The molecule has 0 aliphatic carbocycles. The van der Waals surface area contributed by atoms with Gasteiger partial charge in [0, 0.05) is 37.5 Å². The number of hydrogen-bond acceptors (Lipinski definition) is 10. The first-order valence-corrected chi connectivity index (χ1v) is 17.1. The molecule has 2 unspecified atom stereocenters. The summed E-state index contributed by atoms with van der Waals surface area (Å²) in [4.78, 5) is 23.6. The molecular weight excluding hydrogens is 653 g/mol. The molecule has 2 aromatic heterocycles. The smallest absolute Gasteiger partial charge is 0.429 e. The monoisotopic (exact) mass is 692 g/mol. The Kier molecular flexibility index (Phi) is 9.66. The van der Waals surface area contributed by atoms with E-state index in [1.54, 1.807) is 31.3 Å². The number of benzene rings is 1. The van der Waals surface area contributed by atoms with E-state index in [0.29, 0.717) is 76.3 Å². The van der Waals surface area contributed by atoms with Gasteiger partial charge in [0.1, 0.15) is 17.7 Å². The summed E-state index contributed by atoms with van der Waals surface area (Å²) in [6.07, 6.45) is -2.37. The lowest BCUT2D eigenvalue weighted by Crippen LogP contribution is -2.41. The van der Waals surface area contributed by atoms with Gasteiger partial charge in [0.2, 0.25) is 17.9 Å². The van der Waals surface area contributed by atoms with Crippen molar-refractivity contribution in [3.63, 3.8) is 0 Å². The Labute approximate surface area is 277 Å². The molecule has 3 fully saturated rings. The molecule has 3 atom stereocenters. The van der Waals surface area contributed by atoms with Crippen molar-refractivity contribution in [1.29, 1.82) is 0 Å². The highest BCUT2D eigenvalue weighted by Crippen LogP contribution is 2.43. The highest BCUT2D eigenvalue weighted by molar-refractivity contribution is 7.79. The van der Waals surface area contributed by atoms with Crippen molar-refractivity contribution in [3.05, 3.63) is 53.3 Å². The van der Waals surface area contributed by atoms with E-state index >= 15 is 0 Å². The Morgan fingerprint density at radius 2 is 1.90 bits per heavy atom. The quantitative estimate of drug-likeness (QED) is 0.241. The molecule has 6 rings (SSSR count). The van der Waals surface area contributed by atoms with Gasteiger partial charge in [-0.15, -0.1) is 0 Å². The first kappa shape index (κ1) is 34.1. The van der Waals surface area contributed by atoms with Crippen molar-refractivity contribution in [1.82, 2.24) is 30.0 Å². The van der Waals surface area contributed by atoms with Crippen molar-refractivity contribution < 1.29 is 36.6 Å². The number of nitrogens with two attached hydrogens (primary N) is 1. The first-order chi connectivity index (χ1) is 22.8. The van der Waals surface area contributed by atoms with Crippen molar-refractivity contribution in [2.75, 3.05) is 49.2 Å². The van der Waals surface area contributed by atoms with Gasteiger partial charge in [0.25, 0.3) is 0 Å². The lowest BCUT2D eigenvalue weighted by Gasteiger charge is -2.39. The molecule has 48 heavy (non-hydrogen) atoms. The lowest BCUT2D eigenvalue weighted by atomic mass is 9.76. The summed E-state index contributed by atoms with van der Waals surface area (Å²) in [5.41, 5.74) is 7.36. The third-order valence-corrected chi connectivity index (χ3v) is 10.3. The third-order valence-electron chi connectivity index (χ3n) is 9.71. The number of anilines is 2. The summed E-state index contributed by atoms with van der Waals surface area (Å²) in [6, 6.07) is 7.29. The number of rotatable bonds is 9. The number of nitrogen functional groups attached to an aromatic ring is 1. The maximum atomic E-state index is 14.9. The molecule has 0 radical (unpaired) electrons. The zero-order chi connectivity index (χ0) is 34.2. The number of carbonyl (C=O) groups is 1.